The van der Waals surface area contributed by atoms with Crippen LogP contribution in [0, 0.1) is 0 Å². The number of carbonyl (C=O) groups excluding carboxylic acids is 1. The molecule has 0 fully saturated rings. The van der Waals surface area contributed by atoms with Gasteiger partial charge in [0.1, 0.15) is 11.5 Å². The van der Waals surface area contributed by atoms with Gasteiger partial charge in [0.25, 0.3) is 0 Å². The standard InChI is InChI=1S/C16H14N2O/c1-2-12-6-8-13(9-7-12)16-17-14(11-19)15-5-3-4-10-18(15)16/h3-11H,2H2,1H3. The zero-order valence-electron chi connectivity index (χ0n) is 10.7. The SMILES string of the molecule is CCc1ccc(-c2nc(C=O)c3ccccn23)cc1. The Bertz CT molecular complexity index is 726. The highest BCUT2D eigenvalue weighted by Gasteiger charge is 2.11. The number of aryl methyl sites for hydroxylation is 1. The van der Waals surface area contributed by atoms with Crippen LogP contribution in [0.5, 0.6) is 0 Å². The first kappa shape index (κ1) is 11.7. The maximum atomic E-state index is 11.1. The summed E-state index contributed by atoms with van der Waals surface area (Å²) in [5, 5.41) is 0. The first-order valence-electron chi connectivity index (χ1n) is 6.35. The van der Waals surface area contributed by atoms with Crippen LogP contribution in [0.2, 0.25) is 0 Å². The van der Waals surface area contributed by atoms with Crippen molar-refractivity contribution >= 4 is 11.8 Å². The van der Waals surface area contributed by atoms with Gasteiger partial charge < -0.3 is 0 Å². The molecule has 0 atom stereocenters. The summed E-state index contributed by atoms with van der Waals surface area (Å²) in [5.74, 6) is 0.806. The third-order valence-corrected chi connectivity index (χ3v) is 3.31. The molecule has 0 aliphatic carbocycles. The largest absolute Gasteiger partial charge is 0.299 e. The van der Waals surface area contributed by atoms with Crippen molar-refractivity contribution in [2.75, 3.05) is 0 Å². The second-order valence-corrected chi connectivity index (χ2v) is 4.44. The normalized spacial score (nSPS) is 10.8. The highest BCUT2D eigenvalue weighted by molar-refractivity contribution is 5.85. The zero-order valence-corrected chi connectivity index (χ0v) is 10.7. The molecule has 2 aromatic heterocycles. The minimum atomic E-state index is 0.482. The van der Waals surface area contributed by atoms with Crippen LogP contribution in [0.3, 0.4) is 0 Å². The molecule has 3 rings (SSSR count). The lowest BCUT2D eigenvalue weighted by Crippen LogP contribution is -1.89. The fourth-order valence-corrected chi connectivity index (χ4v) is 2.24. The van der Waals surface area contributed by atoms with Crippen LogP contribution in [0.25, 0.3) is 16.9 Å². The van der Waals surface area contributed by atoms with Crippen molar-refractivity contribution in [2.45, 2.75) is 13.3 Å². The number of carbonyl (C=O) groups is 1. The number of aromatic nitrogens is 2. The van der Waals surface area contributed by atoms with E-state index in [1.807, 2.05) is 28.8 Å². The number of fused-ring (bicyclic) bond motifs is 1. The van der Waals surface area contributed by atoms with Crippen LogP contribution in [0.15, 0.2) is 48.7 Å². The van der Waals surface area contributed by atoms with Gasteiger partial charge in [0.2, 0.25) is 0 Å². The third kappa shape index (κ3) is 1.93. The summed E-state index contributed by atoms with van der Waals surface area (Å²) in [5.41, 5.74) is 3.63. The second-order valence-electron chi connectivity index (χ2n) is 4.44. The number of hydrogen-bond donors (Lipinski definition) is 0. The Balaban J connectivity index is 2.21. The van der Waals surface area contributed by atoms with Crippen molar-refractivity contribution in [3.05, 3.63) is 59.9 Å². The number of rotatable bonds is 3. The van der Waals surface area contributed by atoms with Gasteiger partial charge in [0.15, 0.2) is 6.29 Å². The highest BCUT2D eigenvalue weighted by atomic mass is 16.1. The number of hydrogen-bond acceptors (Lipinski definition) is 2. The highest BCUT2D eigenvalue weighted by Crippen LogP contribution is 2.22. The smallest absolute Gasteiger partial charge is 0.170 e. The van der Waals surface area contributed by atoms with Crippen LogP contribution in [0.1, 0.15) is 23.0 Å². The minimum Gasteiger partial charge on any atom is -0.299 e. The van der Waals surface area contributed by atoms with Crippen LogP contribution < -0.4 is 0 Å². The van der Waals surface area contributed by atoms with E-state index in [4.69, 9.17) is 0 Å². The van der Waals surface area contributed by atoms with Gasteiger partial charge >= 0.3 is 0 Å². The Kier molecular flexibility index (Phi) is 2.88. The molecule has 1 aromatic carbocycles. The van der Waals surface area contributed by atoms with Gasteiger partial charge in [-0.3, -0.25) is 9.20 Å². The fourth-order valence-electron chi connectivity index (χ4n) is 2.24. The molecule has 0 saturated heterocycles. The van der Waals surface area contributed by atoms with Gasteiger partial charge in [-0.15, -0.1) is 0 Å². The van der Waals surface area contributed by atoms with Crippen LogP contribution in [-0.2, 0) is 6.42 Å². The monoisotopic (exact) mass is 250 g/mol. The van der Waals surface area contributed by atoms with Gasteiger partial charge in [-0.25, -0.2) is 4.98 Å². The topological polar surface area (TPSA) is 34.4 Å². The maximum absolute atomic E-state index is 11.1. The molecule has 94 valence electrons. The van der Waals surface area contributed by atoms with E-state index >= 15 is 0 Å². The quantitative estimate of drug-likeness (QED) is 0.668. The number of pyridine rings is 1. The Morgan fingerprint density at radius 2 is 1.95 bits per heavy atom. The summed E-state index contributed by atoms with van der Waals surface area (Å²) >= 11 is 0. The number of imidazole rings is 1. The van der Waals surface area contributed by atoms with Crippen LogP contribution >= 0.6 is 0 Å². The molecular formula is C16H14N2O. The molecule has 3 aromatic rings. The Morgan fingerprint density at radius 1 is 1.16 bits per heavy atom. The Labute approximate surface area is 111 Å². The lowest BCUT2D eigenvalue weighted by Gasteiger charge is -2.02. The predicted octanol–water partition coefficient (Wildman–Crippen LogP) is 3.38. The molecule has 0 amide bonds. The summed E-state index contributed by atoms with van der Waals surface area (Å²) < 4.78 is 1.95. The number of aldehydes is 1. The molecule has 0 N–H and O–H groups in total. The van der Waals surface area contributed by atoms with Gasteiger partial charge in [-0.1, -0.05) is 37.3 Å². The second kappa shape index (κ2) is 4.69. The van der Waals surface area contributed by atoms with E-state index in [2.05, 4.69) is 36.2 Å². The van der Waals surface area contributed by atoms with Crippen molar-refractivity contribution in [1.82, 2.24) is 9.38 Å². The van der Waals surface area contributed by atoms with E-state index < -0.39 is 0 Å². The molecule has 0 aliphatic heterocycles. The van der Waals surface area contributed by atoms with Crippen molar-refractivity contribution in [3.63, 3.8) is 0 Å². The lowest BCUT2D eigenvalue weighted by atomic mass is 10.1. The molecule has 19 heavy (non-hydrogen) atoms. The summed E-state index contributed by atoms with van der Waals surface area (Å²) in [6.45, 7) is 2.13. The van der Waals surface area contributed by atoms with Crippen molar-refractivity contribution in [2.24, 2.45) is 0 Å². The molecule has 0 saturated carbocycles. The molecule has 0 unspecified atom stereocenters. The first-order valence-corrected chi connectivity index (χ1v) is 6.35. The van der Waals surface area contributed by atoms with E-state index in [1.54, 1.807) is 0 Å². The Morgan fingerprint density at radius 3 is 2.63 bits per heavy atom. The van der Waals surface area contributed by atoms with E-state index in [0.717, 1.165) is 29.6 Å². The minimum absolute atomic E-state index is 0.482. The summed E-state index contributed by atoms with van der Waals surface area (Å²) in [6, 6.07) is 14.0. The average Bonchev–Trinajstić information content (AvgIpc) is 2.86. The van der Waals surface area contributed by atoms with E-state index in [9.17, 15) is 4.79 Å². The Hall–Kier alpha value is -2.42. The lowest BCUT2D eigenvalue weighted by molar-refractivity contribution is 0.112. The zero-order chi connectivity index (χ0) is 13.2. The van der Waals surface area contributed by atoms with Gasteiger partial charge in [-0.05, 0) is 24.1 Å². The molecule has 0 bridgehead atoms. The molecule has 0 spiro atoms. The van der Waals surface area contributed by atoms with Crippen molar-refractivity contribution in [1.29, 1.82) is 0 Å². The van der Waals surface area contributed by atoms with Gasteiger partial charge in [0, 0.05) is 11.8 Å². The van der Waals surface area contributed by atoms with E-state index in [-0.39, 0.29) is 0 Å². The number of nitrogens with zero attached hydrogens (tertiary/aromatic N) is 2. The molecule has 3 nitrogen and oxygen atoms in total. The first-order chi connectivity index (χ1) is 9.33. The van der Waals surface area contributed by atoms with Crippen LogP contribution in [0.4, 0.5) is 0 Å². The number of benzene rings is 1. The fraction of sp³-hybridized carbons (Fsp3) is 0.125. The predicted molar refractivity (Wildman–Crippen MR) is 75.4 cm³/mol. The third-order valence-electron chi connectivity index (χ3n) is 3.31. The molecule has 3 heteroatoms. The van der Waals surface area contributed by atoms with E-state index in [0.29, 0.717) is 5.69 Å². The molecular weight excluding hydrogens is 236 g/mol. The molecule has 2 heterocycles. The van der Waals surface area contributed by atoms with Crippen molar-refractivity contribution in [3.8, 4) is 11.4 Å². The average molecular weight is 250 g/mol. The van der Waals surface area contributed by atoms with Gasteiger partial charge in [0.05, 0.1) is 5.52 Å². The summed E-state index contributed by atoms with van der Waals surface area (Å²) in [6.07, 6.45) is 3.75. The maximum Gasteiger partial charge on any atom is 0.170 e. The summed E-state index contributed by atoms with van der Waals surface area (Å²) in [4.78, 5) is 15.5. The van der Waals surface area contributed by atoms with Crippen molar-refractivity contribution < 1.29 is 4.79 Å². The molecule has 0 radical (unpaired) electrons. The van der Waals surface area contributed by atoms with Crippen LogP contribution in [-0.4, -0.2) is 15.7 Å². The summed E-state index contributed by atoms with van der Waals surface area (Å²) in [7, 11) is 0. The van der Waals surface area contributed by atoms with E-state index in [1.165, 1.54) is 5.56 Å². The molecule has 0 aliphatic rings. The van der Waals surface area contributed by atoms with Gasteiger partial charge in [-0.2, -0.15) is 0 Å².